The highest BCUT2D eigenvalue weighted by Gasteiger charge is 2.04. The largest absolute Gasteiger partial charge is 0.317 e. The standard InChI is InChI=1S/C13H27N/c1-5-6-7-8-9-13(14-4)11-10-12(2)3/h13-14H,2,5-11H2,1,3-4H3. The van der Waals surface area contributed by atoms with Crippen LogP contribution in [0.5, 0.6) is 0 Å². The predicted octanol–water partition coefficient (Wildman–Crippen LogP) is 3.90. The number of hydrogen-bond donors (Lipinski definition) is 1. The van der Waals surface area contributed by atoms with Crippen LogP contribution in [0.15, 0.2) is 12.2 Å². The highest BCUT2D eigenvalue weighted by atomic mass is 14.9. The van der Waals surface area contributed by atoms with Gasteiger partial charge in [0.2, 0.25) is 0 Å². The molecule has 0 aliphatic rings. The van der Waals surface area contributed by atoms with E-state index in [0.29, 0.717) is 6.04 Å². The molecule has 0 saturated carbocycles. The van der Waals surface area contributed by atoms with Crippen molar-refractivity contribution in [2.45, 2.75) is 64.8 Å². The van der Waals surface area contributed by atoms with Gasteiger partial charge in [-0.05, 0) is 33.2 Å². The van der Waals surface area contributed by atoms with Crippen LogP contribution in [0.3, 0.4) is 0 Å². The molecule has 1 N–H and O–H groups in total. The summed E-state index contributed by atoms with van der Waals surface area (Å²) in [6.45, 7) is 8.32. The summed E-state index contributed by atoms with van der Waals surface area (Å²) >= 11 is 0. The lowest BCUT2D eigenvalue weighted by molar-refractivity contribution is 0.461. The molecule has 1 heteroatoms. The third kappa shape index (κ3) is 8.31. The molecule has 0 aliphatic carbocycles. The van der Waals surface area contributed by atoms with Crippen molar-refractivity contribution in [1.82, 2.24) is 5.32 Å². The van der Waals surface area contributed by atoms with E-state index < -0.39 is 0 Å². The molecule has 0 spiro atoms. The first-order valence-electron chi connectivity index (χ1n) is 6.02. The molecule has 0 rings (SSSR count). The van der Waals surface area contributed by atoms with Crippen LogP contribution in [0, 0.1) is 0 Å². The maximum absolute atomic E-state index is 3.94. The Bertz CT molecular complexity index is 140. The van der Waals surface area contributed by atoms with Gasteiger partial charge >= 0.3 is 0 Å². The van der Waals surface area contributed by atoms with Crippen molar-refractivity contribution in [3.05, 3.63) is 12.2 Å². The molecule has 1 nitrogen and oxygen atoms in total. The second-order valence-electron chi connectivity index (χ2n) is 4.33. The van der Waals surface area contributed by atoms with E-state index in [4.69, 9.17) is 0 Å². The molecule has 0 aromatic heterocycles. The van der Waals surface area contributed by atoms with Gasteiger partial charge in [-0.25, -0.2) is 0 Å². The molecule has 0 aromatic carbocycles. The SMILES string of the molecule is C=C(C)CCC(CCCCCC)NC. The van der Waals surface area contributed by atoms with E-state index in [-0.39, 0.29) is 0 Å². The summed E-state index contributed by atoms with van der Waals surface area (Å²) in [4.78, 5) is 0. The first-order valence-corrected chi connectivity index (χ1v) is 6.02. The Hall–Kier alpha value is -0.300. The van der Waals surface area contributed by atoms with Crippen LogP contribution in [-0.2, 0) is 0 Å². The smallest absolute Gasteiger partial charge is 0.00671 e. The molecule has 0 aromatic rings. The summed E-state index contributed by atoms with van der Waals surface area (Å²) in [5.74, 6) is 0. The van der Waals surface area contributed by atoms with Gasteiger partial charge in [0.05, 0.1) is 0 Å². The summed E-state index contributed by atoms with van der Waals surface area (Å²) in [6.07, 6.45) is 9.21. The number of allylic oxidation sites excluding steroid dienone is 1. The summed E-state index contributed by atoms with van der Waals surface area (Å²) in [5, 5.41) is 3.39. The molecular weight excluding hydrogens is 170 g/mol. The van der Waals surface area contributed by atoms with Crippen LogP contribution < -0.4 is 5.32 Å². The van der Waals surface area contributed by atoms with Gasteiger partial charge in [-0.1, -0.05) is 38.2 Å². The van der Waals surface area contributed by atoms with Crippen molar-refractivity contribution in [3.63, 3.8) is 0 Å². The molecular formula is C13H27N. The molecule has 0 bridgehead atoms. The molecule has 14 heavy (non-hydrogen) atoms. The van der Waals surface area contributed by atoms with Crippen LogP contribution in [0.1, 0.15) is 58.8 Å². The Labute approximate surface area is 90.0 Å². The predicted molar refractivity (Wildman–Crippen MR) is 65.7 cm³/mol. The van der Waals surface area contributed by atoms with E-state index in [1.807, 2.05) is 0 Å². The van der Waals surface area contributed by atoms with Crippen LogP contribution in [-0.4, -0.2) is 13.1 Å². The van der Waals surface area contributed by atoms with E-state index in [9.17, 15) is 0 Å². The molecule has 0 heterocycles. The van der Waals surface area contributed by atoms with Crippen molar-refractivity contribution in [1.29, 1.82) is 0 Å². The molecule has 1 atom stereocenters. The van der Waals surface area contributed by atoms with E-state index in [2.05, 4.69) is 32.8 Å². The highest BCUT2D eigenvalue weighted by Crippen LogP contribution is 2.11. The Balaban J connectivity index is 3.42. The topological polar surface area (TPSA) is 12.0 Å². The number of unbranched alkanes of at least 4 members (excludes halogenated alkanes) is 3. The van der Waals surface area contributed by atoms with Crippen molar-refractivity contribution >= 4 is 0 Å². The number of hydrogen-bond acceptors (Lipinski definition) is 1. The van der Waals surface area contributed by atoms with Crippen LogP contribution >= 0.6 is 0 Å². The third-order valence-electron chi connectivity index (χ3n) is 2.73. The van der Waals surface area contributed by atoms with Crippen LogP contribution in [0.25, 0.3) is 0 Å². The minimum Gasteiger partial charge on any atom is -0.317 e. The van der Waals surface area contributed by atoms with E-state index in [1.165, 1.54) is 50.5 Å². The fourth-order valence-corrected chi connectivity index (χ4v) is 1.67. The van der Waals surface area contributed by atoms with E-state index >= 15 is 0 Å². The fraction of sp³-hybridized carbons (Fsp3) is 0.846. The Morgan fingerprint density at radius 3 is 2.43 bits per heavy atom. The lowest BCUT2D eigenvalue weighted by Gasteiger charge is -2.15. The van der Waals surface area contributed by atoms with Gasteiger partial charge in [-0.15, -0.1) is 6.58 Å². The molecule has 0 saturated heterocycles. The van der Waals surface area contributed by atoms with Gasteiger partial charge in [0.1, 0.15) is 0 Å². The maximum Gasteiger partial charge on any atom is 0.00671 e. The quantitative estimate of drug-likeness (QED) is 0.436. The Kier molecular flexibility index (Phi) is 9.06. The first-order chi connectivity index (χ1) is 6.70. The van der Waals surface area contributed by atoms with Crippen molar-refractivity contribution in [3.8, 4) is 0 Å². The Morgan fingerprint density at radius 2 is 1.93 bits per heavy atom. The minimum atomic E-state index is 0.698. The zero-order valence-corrected chi connectivity index (χ0v) is 10.2. The number of nitrogens with one attached hydrogen (secondary N) is 1. The average molecular weight is 197 g/mol. The molecule has 0 aliphatic heterocycles. The molecule has 0 fully saturated rings. The highest BCUT2D eigenvalue weighted by molar-refractivity contribution is 4.89. The maximum atomic E-state index is 3.94. The minimum absolute atomic E-state index is 0.698. The van der Waals surface area contributed by atoms with Crippen LogP contribution in [0.2, 0.25) is 0 Å². The molecule has 0 radical (unpaired) electrons. The summed E-state index contributed by atoms with van der Waals surface area (Å²) in [7, 11) is 2.07. The van der Waals surface area contributed by atoms with Gasteiger partial charge in [0.15, 0.2) is 0 Å². The normalized spacial score (nSPS) is 12.8. The first kappa shape index (κ1) is 13.7. The lowest BCUT2D eigenvalue weighted by Crippen LogP contribution is -2.24. The van der Waals surface area contributed by atoms with Crippen molar-refractivity contribution < 1.29 is 0 Å². The second kappa shape index (κ2) is 9.26. The van der Waals surface area contributed by atoms with Crippen LogP contribution in [0.4, 0.5) is 0 Å². The third-order valence-corrected chi connectivity index (χ3v) is 2.73. The summed E-state index contributed by atoms with van der Waals surface area (Å²) in [5.41, 5.74) is 1.30. The van der Waals surface area contributed by atoms with Gasteiger partial charge < -0.3 is 5.32 Å². The molecule has 84 valence electrons. The second-order valence-corrected chi connectivity index (χ2v) is 4.33. The molecule has 1 unspecified atom stereocenters. The van der Waals surface area contributed by atoms with E-state index in [1.54, 1.807) is 0 Å². The summed E-state index contributed by atoms with van der Waals surface area (Å²) < 4.78 is 0. The van der Waals surface area contributed by atoms with Crippen molar-refractivity contribution in [2.24, 2.45) is 0 Å². The van der Waals surface area contributed by atoms with Gasteiger partial charge in [-0.3, -0.25) is 0 Å². The summed E-state index contributed by atoms with van der Waals surface area (Å²) in [6, 6.07) is 0.698. The van der Waals surface area contributed by atoms with E-state index in [0.717, 1.165) is 0 Å². The zero-order chi connectivity index (χ0) is 10.8. The van der Waals surface area contributed by atoms with Gasteiger partial charge in [0, 0.05) is 6.04 Å². The molecule has 0 amide bonds. The Morgan fingerprint density at radius 1 is 1.21 bits per heavy atom. The number of rotatable bonds is 9. The fourth-order valence-electron chi connectivity index (χ4n) is 1.67. The van der Waals surface area contributed by atoms with Gasteiger partial charge in [-0.2, -0.15) is 0 Å². The average Bonchev–Trinajstić information content (AvgIpc) is 2.16. The van der Waals surface area contributed by atoms with Crippen molar-refractivity contribution in [2.75, 3.05) is 7.05 Å². The monoisotopic (exact) mass is 197 g/mol. The zero-order valence-electron chi connectivity index (χ0n) is 10.2. The lowest BCUT2D eigenvalue weighted by atomic mass is 10.0. The van der Waals surface area contributed by atoms with Gasteiger partial charge in [0.25, 0.3) is 0 Å².